The summed E-state index contributed by atoms with van der Waals surface area (Å²) in [7, 11) is 3.73. The lowest BCUT2D eigenvalue weighted by Gasteiger charge is -2.18. The first-order valence-corrected chi connectivity index (χ1v) is 6.85. The van der Waals surface area contributed by atoms with Crippen molar-refractivity contribution in [1.29, 1.82) is 0 Å². The summed E-state index contributed by atoms with van der Waals surface area (Å²) in [5.74, 6) is 0.829. The fraction of sp³-hybridized carbons (Fsp3) is 0.714. The third-order valence-corrected chi connectivity index (χ3v) is 3.74. The zero-order chi connectivity index (χ0) is 13.0. The van der Waals surface area contributed by atoms with Crippen molar-refractivity contribution in [2.45, 2.75) is 51.2 Å². The summed E-state index contributed by atoms with van der Waals surface area (Å²) in [6.45, 7) is 2.10. The lowest BCUT2D eigenvalue weighted by molar-refractivity contribution is 0.0923. The van der Waals surface area contributed by atoms with Gasteiger partial charge in [0, 0.05) is 30.6 Å². The predicted molar refractivity (Wildman–Crippen MR) is 71.4 cm³/mol. The minimum atomic E-state index is 0.0200. The van der Waals surface area contributed by atoms with Gasteiger partial charge in [-0.2, -0.15) is 0 Å². The van der Waals surface area contributed by atoms with Crippen molar-refractivity contribution in [2.24, 2.45) is 0 Å². The molecular formula is C14H23N3O. The predicted octanol–water partition coefficient (Wildman–Crippen LogP) is 2.56. The van der Waals surface area contributed by atoms with E-state index in [1.807, 2.05) is 13.2 Å². The van der Waals surface area contributed by atoms with E-state index >= 15 is 0 Å². The Morgan fingerprint density at radius 1 is 1.50 bits per heavy atom. The number of ether oxygens (including phenoxy) is 1. The van der Waals surface area contributed by atoms with Gasteiger partial charge in [-0.25, -0.2) is 9.97 Å². The number of nitrogens with zero attached hydrogens (tertiary/aromatic N) is 2. The van der Waals surface area contributed by atoms with Crippen molar-refractivity contribution in [3.63, 3.8) is 0 Å². The maximum absolute atomic E-state index is 5.42. The molecule has 4 heteroatoms. The highest BCUT2D eigenvalue weighted by atomic mass is 16.5. The summed E-state index contributed by atoms with van der Waals surface area (Å²) >= 11 is 0. The number of hydrogen-bond acceptors (Lipinski definition) is 4. The van der Waals surface area contributed by atoms with E-state index in [1.165, 1.54) is 30.5 Å². The highest BCUT2D eigenvalue weighted by Gasteiger charge is 2.21. The smallest absolute Gasteiger partial charge is 0.157 e. The van der Waals surface area contributed by atoms with E-state index in [1.54, 1.807) is 7.11 Å². The molecule has 0 aromatic carbocycles. The summed E-state index contributed by atoms with van der Waals surface area (Å²) in [5, 5.41) is 3.37. The molecule has 1 N–H and O–H groups in total. The maximum atomic E-state index is 5.42. The van der Waals surface area contributed by atoms with Gasteiger partial charge in [-0.15, -0.1) is 0 Å². The highest BCUT2D eigenvalue weighted by molar-refractivity contribution is 5.23. The maximum Gasteiger partial charge on any atom is 0.157 e. The second-order valence-electron chi connectivity index (χ2n) is 4.85. The molecule has 0 saturated carbocycles. The first kappa shape index (κ1) is 13.4. The molecule has 0 fully saturated rings. The number of aromatic nitrogens is 2. The van der Waals surface area contributed by atoms with Crippen molar-refractivity contribution in [3.05, 3.63) is 23.3 Å². The molecular weight excluding hydrogens is 226 g/mol. The van der Waals surface area contributed by atoms with Crippen LogP contribution in [0.2, 0.25) is 0 Å². The van der Waals surface area contributed by atoms with Crippen molar-refractivity contribution in [2.75, 3.05) is 14.2 Å². The number of fused-ring (bicyclic) bond motifs is 1. The second kappa shape index (κ2) is 6.25. The first-order valence-electron chi connectivity index (χ1n) is 6.85. The number of methoxy groups -OCH3 is 1. The van der Waals surface area contributed by atoms with Gasteiger partial charge >= 0.3 is 0 Å². The molecule has 0 aliphatic heterocycles. The fourth-order valence-electron chi connectivity index (χ4n) is 2.64. The Balaban J connectivity index is 2.32. The van der Waals surface area contributed by atoms with Crippen LogP contribution in [0, 0.1) is 0 Å². The van der Waals surface area contributed by atoms with Crippen LogP contribution in [-0.4, -0.2) is 24.1 Å². The molecule has 100 valence electrons. The number of hydrogen-bond donors (Lipinski definition) is 1. The molecule has 0 bridgehead atoms. The molecule has 1 aliphatic rings. The van der Waals surface area contributed by atoms with Gasteiger partial charge in [-0.1, -0.05) is 13.3 Å². The Labute approximate surface area is 109 Å². The number of rotatable bonds is 4. The molecule has 18 heavy (non-hydrogen) atoms. The summed E-state index contributed by atoms with van der Waals surface area (Å²) in [6, 6.07) is 0.402. The lowest BCUT2D eigenvalue weighted by atomic mass is 10.1. The Kier molecular flexibility index (Phi) is 4.66. The molecule has 1 aliphatic carbocycles. The average molecular weight is 249 g/mol. The molecule has 2 rings (SSSR count). The van der Waals surface area contributed by atoms with Gasteiger partial charge in [0.05, 0.1) is 0 Å². The molecule has 2 unspecified atom stereocenters. The van der Waals surface area contributed by atoms with Crippen molar-refractivity contribution < 1.29 is 4.74 Å². The molecule has 0 amide bonds. The summed E-state index contributed by atoms with van der Waals surface area (Å²) in [6.07, 6.45) is 7.61. The first-order chi connectivity index (χ1) is 8.80. The second-order valence-corrected chi connectivity index (χ2v) is 4.85. The summed E-state index contributed by atoms with van der Waals surface area (Å²) in [4.78, 5) is 9.24. The van der Waals surface area contributed by atoms with E-state index in [2.05, 4.69) is 17.2 Å². The van der Waals surface area contributed by atoms with Gasteiger partial charge in [-0.05, 0) is 32.7 Å². The molecule has 1 aromatic heterocycles. The standard InChI is InChI=1S/C14H23N3O/c1-4-13(18-3)14-16-9-10-11(15-2)7-5-6-8-12(10)17-14/h9,11,13,15H,4-8H2,1-3H3. The van der Waals surface area contributed by atoms with Gasteiger partial charge in [0.25, 0.3) is 0 Å². The number of aryl methyl sites for hydroxylation is 1. The van der Waals surface area contributed by atoms with Crippen molar-refractivity contribution >= 4 is 0 Å². The zero-order valence-corrected chi connectivity index (χ0v) is 11.6. The lowest BCUT2D eigenvalue weighted by Crippen LogP contribution is -2.18. The molecule has 0 saturated heterocycles. The normalized spacial score (nSPS) is 21.2. The van der Waals surface area contributed by atoms with Crippen molar-refractivity contribution in [3.8, 4) is 0 Å². The van der Waals surface area contributed by atoms with Crippen LogP contribution >= 0.6 is 0 Å². The molecule has 0 spiro atoms. The Morgan fingerprint density at radius 3 is 3.00 bits per heavy atom. The molecule has 0 radical (unpaired) electrons. The van der Waals surface area contributed by atoms with E-state index in [9.17, 15) is 0 Å². The zero-order valence-electron chi connectivity index (χ0n) is 11.6. The minimum Gasteiger partial charge on any atom is -0.373 e. The van der Waals surface area contributed by atoms with Gasteiger partial charge in [0.15, 0.2) is 5.82 Å². The van der Waals surface area contributed by atoms with Gasteiger partial charge in [0.1, 0.15) is 6.10 Å². The van der Waals surface area contributed by atoms with Crippen LogP contribution in [0.25, 0.3) is 0 Å². The minimum absolute atomic E-state index is 0.0200. The molecule has 1 heterocycles. The topological polar surface area (TPSA) is 47.0 Å². The monoisotopic (exact) mass is 249 g/mol. The third-order valence-electron chi connectivity index (χ3n) is 3.74. The highest BCUT2D eigenvalue weighted by Crippen LogP contribution is 2.28. The van der Waals surface area contributed by atoms with E-state index in [4.69, 9.17) is 9.72 Å². The van der Waals surface area contributed by atoms with Crippen LogP contribution in [0.3, 0.4) is 0 Å². The molecule has 4 nitrogen and oxygen atoms in total. The van der Waals surface area contributed by atoms with Crippen LogP contribution < -0.4 is 5.32 Å². The SMILES string of the molecule is CCC(OC)c1ncc2c(n1)CCCCC2NC. The summed E-state index contributed by atoms with van der Waals surface area (Å²) in [5.41, 5.74) is 2.47. The summed E-state index contributed by atoms with van der Waals surface area (Å²) < 4.78 is 5.42. The largest absolute Gasteiger partial charge is 0.373 e. The Bertz CT molecular complexity index is 391. The Morgan fingerprint density at radius 2 is 2.33 bits per heavy atom. The fourth-order valence-corrected chi connectivity index (χ4v) is 2.64. The van der Waals surface area contributed by atoms with Crippen LogP contribution in [0.15, 0.2) is 6.20 Å². The van der Waals surface area contributed by atoms with Gasteiger partial charge < -0.3 is 10.1 Å². The van der Waals surface area contributed by atoms with Gasteiger partial charge in [-0.3, -0.25) is 0 Å². The van der Waals surface area contributed by atoms with Crippen LogP contribution in [-0.2, 0) is 11.2 Å². The van der Waals surface area contributed by atoms with Crippen LogP contribution in [0.1, 0.15) is 61.8 Å². The van der Waals surface area contributed by atoms with E-state index < -0.39 is 0 Å². The van der Waals surface area contributed by atoms with E-state index in [0.717, 1.165) is 18.7 Å². The quantitative estimate of drug-likeness (QED) is 0.833. The van der Waals surface area contributed by atoms with E-state index in [0.29, 0.717) is 6.04 Å². The van der Waals surface area contributed by atoms with Crippen LogP contribution in [0.4, 0.5) is 0 Å². The Hall–Kier alpha value is -1.00. The molecule has 2 atom stereocenters. The van der Waals surface area contributed by atoms with Gasteiger partial charge in [0.2, 0.25) is 0 Å². The third kappa shape index (κ3) is 2.70. The average Bonchev–Trinajstić information content (AvgIpc) is 2.61. The molecule has 1 aromatic rings. The van der Waals surface area contributed by atoms with E-state index in [-0.39, 0.29) is 6.10 Å². The van der Waals surface area contributed by atoms with Crippen LogP contribution in [0.5, 0.6) is 0 Å². The van der Waals surface area contributed by atoms with Crippen molar-refractivity contribution in [1.82, 2.24) is 15.3 Å². The number of nitrogens with one attached hydrogen (secondary N) is 1.